The molecule has 130 valence electrons. The van der Waals surface area contributed by atoms with Crippen LogP contribution in [0.3, 0.4) is 0 Å². The number of hydrogen-bond donors (Lipinski definition) is 2. The fraction of sp³-hybridized carbons (Fsp3) is 0.150. The number of hydrogen-bond acceptors (Lipinski definition) is 4. The van der Waals surface area contributed by atoms with Gasteiger partial charge in [0.25, 0.3) is 11.8 Å². The molecule has 0 spiro atoms. The predicted molar refractivity (Wildman–Crippen MR) is 95.7 cm³/mol. The summed E-state index contributed by atoms with van der Waals surface area (Å²) < 4.78 is 0. The molecule has 2 aromatic carbocycles. The third-order valence-electron chi connectivity index (χ3n) is 4.21. The molecule has 2 amide bonds. The highest BCUT2D eigenvalue weighted by atomic mass is 16.3. The SMILES string of the molecule is CN1CC(C(=O)NCc2cccc(-c3cccc(C#N)c3)c2)=C(O)C1=O. The van der Waals surface area contributed by atoms with E-state index in [0.717, 1.165) is 16.7 Å². The quantitative estimate of drug-likeness (QED) is 0.886. The Morgan fingerprint density at radius 1 is 1.23 bits per heavy atom. The second kappa shape index (κ2) is 7.11. The van der Waals surface area contributed by atoms with E-state index in [4.69, 9.17) is 5.26 Å². The second-order valence-corrected chi connectivity index (χ2v) is 6.06. The maximum absolute atomic E-state index is 12.2. The Kier molecular flexibility index (Phi) is 4.72. The van der Waals surface area contributed by atoms with Crippen molar-refractivity contribution in [2.45, 2.75) is 6.54 Å². The summed E-state index contributed by atoms with van der Waals surface area (Å²) in [4.78, 5) is 25.1. The molecule has 0 saturated carbocycles. The molecule has 0 aromatic heterocycles. The molecule has 0 saturated heterocycles. The van der Waals surface area contributed by atoms with Crippen LogP contribution in [0.1, 0.15) is 11.1 Å². The van der Waals surface area contributed by atoms with E-state index in [1.807, 2.05) is 36.4 Å². The Balaban J connectivity index is 1.73. The number of nitrogens with zero attached hydrogens (tertiary/aromatic N) is 2. The molecule has 1 heterocycles. The summed E-state index contributed by atoms with van der Waals surface area (Å²) in [6, 6.07) is 17.0. The van der Waals surface area contributed by atoms with E-state index in [9.17, 15) is 14.7 Å². The van der Waals surface area contributed by atoms with E-state index in [0.29, 0.717) is 5.56 Å². The van der Waals surface area contributed by atoms with Gasteiger partial charge in [0, 0.05) is 13.6 Å². The summed E-state index contributed by atoms with van der Waals surface area (Å²) >= 11 is 0. The molecule has 0 radical (unpaired) electrons. The molecule has 2 N–H and O–H groups in total. The van der Waals surface area contributed by atoms with Crippen LogP contribution in [0.2, 0.25) is 0 Å². The van der Waals surface area contributed by atoms with Gasteiger partial charge in [-0.3, -0.25) is 9.59 Å². The van der Waals surface area contributed by atoms with Crippen molar-refractivity contribution >= 4 is 11.8 Å². The smallest absolute Gasteiger partial charge is 0.289 e. The molecule has 3 rings (SSSR count). The van der Waals surface area contributed by atoms with Gasteiger partial charge in [0.15, 0.2) is 5.76 Å². The summed E-state index contributed by atoms with van der Waals surface area (Å²) in [7, 11) is 1.53. The lowest BCUT2D eigenvalue weighted by Crippen LogP contribution is -2.27. The number of aliphatic hydroxyl groups is 1. The van der Waals surface area contributed by atoms with Crippen LogP contribution in [0.25, 0.3) is 11.1 Å². The molecule has 1 aliphatic rings. The molecular formula is C20H17N3O3. The van der Waals surface area contributed by atoms with Crippen LogP contribution in [0.4, 0.5) is 0 Å². The lowest BCUT2D eigenvalue weighted by Gasteiger charge is -2.09. The molecule has 2 aromatic rings. The van der Waals surface area contributed by atoms with Gasteiger partial charge in [-0.2, -0.15) is 5.26 Å². The summed E-state index contributed by atoms with van der Waals surface area (Å²) in [5.41, 5.74) is 3.39. The first kappa shape index (κ1) is 17.2. The number of likely N-dealkylation sites (N-methyl/N-ethyl adjacent to an activating group) is 1. The van der Waals surface area contributed by atoms with Crippen molar-refractivity contribution in [2.75, 3.05) is 13.6 Å². The van der Waals surface area contributed by atoms with Crippen molar-refractivity contribution in [3.05, 3.63) is 71.0 Å². The molecule has 0 bridgehead atoms. The van der Waals surface area contributed by atoms with Crippen LogP contribution >= 0.6 is 0 Å². The minimum Gasteiger partial charge on any atom is -0.503 e. The first-order chi connectivity index (χ1) is 12.5. The monoisotopic (exact) mass is 347 g/mol. The molecule has 0 unspecified atom stereocenters. The molecular weight excluding hydrogens is 330 g/mol. The van der Waals surface area contributed by atoms with E-state index in [1.165, 1.54) is 11.9 Å². The fourth-order valence-electron chi connectivity index (χ4n) is 2.79. The Morgan fingerprint density at radius 2 is 1.92 bits per heavy atom. The molecule has 0 atom stereocenters. The van der Waals surface area contributed by atoms with Gasteiger partial charge in [-0.1, -0.05) is 30.3 Å². The predicted octanol–water partition coefficient (Wildman–Crippen LogP) is 2.13. The van der Waals surface area contributed by atoms with E-state index in [-0.39, 0.29) is 18.7 Å². The van der Waals surface area contributed by atoms with E-state index >= 15 is 0 Å². The lowest BCUT2D eigenvalue weighted by atomic mass is 10.0. The van der Waals surface area contributed by atoms with Crippen molar-refractivity contribution in [2.24, 2.45) is 0 Å². The van der Waals surface area contributed by atoms with Gasteiger partial charge in [0.05, 0.1) is 23.8 Å². The van der Waals surface area contributed by atoms with Crippen LogP contribution in [0, 0.1) is 11.3 Å². The molecule has 0 aliphatic carbocycles. The highest BCUT2D eigenvalue weighted by molar-refractivity contribution is 6.06. The van der Waals surface area contributed by atoms with E-state index in [1.54, 1.807) is 12.1 Å². The summed E-state index contributed by atoms with van der Waals surface area (Å²) in [5.74, 6) is -1.50. The van der Waals surface area contributed by atoms with Crippen LogP contribution in [0.5, 0.6) is 0 Å². The summed E-state index contributed by atoms with van der Waals surface area (Å²) in [5, 5.41) is 21.5. The van der Waals surface area contributed by atoms with Crippen LogP contribution in [0.15, 0.2) is 59.9 Å². The van der Waals surface area contributed by atoms with Gasteiger partial charge in [-0.05, 0) is 34.9 Å². The number of aliphatic hydroxyl groups excluding tert-OH is 1. The molecule has 0 fully saturated rings. The third kappa shape index (κ3) is 3.42. The molecule has 6 heteroatoms. The zero-order valence-electron chi connectivity index (χ0n) is 14.2. The third-order valence-corrected chi connectivity index (χ3v) is 4.21. The summed E-state index contributed by atoms with van der Waals surface area (Å²) in [6.07, 6.45) is 0. The first-order valence-corrected chi connectivity index (χ1v) is 8.05. The normalized spacial score (nSPS) is 13.7. The van der Waals surface area contributed by atoms with Crippen molar-refractivity contribution < 1.29 is 14.7 Å². The van der Waals surface area contributed by atoms with Crippen molar-refractivity contribution in [1.82, 2.24) is 10.2 Å². The average molecular weight is 347 g/mol. The number of benzene rings is 2. The minimum atomic E-state index is -0.547. The topological polar surface area (TPSA) is 93.4 Å². The van der Waals surface area contributed by atoms with Crippen LogP contribution in [-0.4, -0.2) is 35.4 Å². The highest BCUT2D eigenvalue weighted by Crippen LogP contribution is 2.22. The Labute approximate surface area is 151 Å². The van der Waals surface area contributed by atoms with Crippen molar-refractivity contribution in [3.63, 3.8) is 0 Å². The van der Waals surface area contributed by atoms with Crippen molar-refractivity contribution in [1.29, 1.82) is 5.26 Å². The van der Waals surface area contributed by atoms with Gasteiger partial charge in [-0.25, -0.2) is 0 Å². The molecule has 1 aliphatic heterocycles. The van der Waals surface area contributed by atoms with Gasteiger partial charge in [0.2, 0.25) is 0 Å². The molecule has 6 nitrogen and oxygen atoms in total. The summed E-state index contributed by atoms with van der Waals surface area (Å²) in [6.45, 7) is 0.358. The average Bonchev–Trinajstić information content (AvgIpc) is 2.94. The van der Waals surface area contributed by atoms with Gasteiger partial charge < -0.3 is 15.3 Å². The van der Waals surface area contributed by atoms with Crippen LogP contribution in [-0.2, 0) is 16.1 Å². The highest BCUT2D eigenvalue weighted by Gasteiger charge is 2.31. The number of carbonyl (C=O) groups is 2. The molecule has 26 heavy (non-hydrogen) atoms. The minimum absolute atomic E-state index is 0.0791. The number of carbonyl (C=O) groups excluding carboxylic acids is 2. The first-order valence-electron chi connectivity index (χ1n) is 8.05. The number of nitrogens with one attached hydrogen (secondary N) is 1. The lowest BCUT2D eigenvalue weighted by molar-refractivity contribution is -0.126. The maximum Gasteiger partial charge on any atom is 0.289 e. The maximum atomic E-state index is 12.2. The Morgan fingerprint density at radius 3 is 2.58 bits per heavy atom. The largest absolute Gasteiger partial charge is 0.503 e. The Bertz CT molecular complexity index is 957. The zero-order chi connectivity index (χ0) is 18.7. The fourth-order valence-corrected chi connectivity index (χ4v) is 2.79. The Hall–Kier alpha value is -3.59. The number of amides is 2. The van der Waals surface area contributed by atoms with Crippen molar-refractivity contribution in [3.8, 4) is 17.2 Å². The standard InChI is InChI=1S/C20H17N3O3/c1-23-12-17(18(24)20(23)26)19(25)22-11-14-5-3-7-16(9-14)15-6-2-4-13(8-15)10-21/h2-9,24H,11-12H2,1H3,(H,22,25). The zero-order valence-corrected chi connectivity index (χ0v) is 14.2. The number of nitriles is 1. The van der Waals surface area contributed by atoms with E-state index < -0.39 is 17.6 Å². The van der Waals surface area contributed by atoms with Gasteiger partial charge in [0.1, 0.15) is 0 Å². The van der Waals surface area contributed by atoms with Gasteiger partial charge >= 0.3 is 0 Å². The van der Waals surface area contributed by atoms with E-state index in [2.05, 4.69) is 11.4 Å². The second-order valence-electron chi connectivity index (χ2n) is 6.06. The number of rotatable bonds is 4. The van der Waals surface area contributed by atoms with Crippen LogP contribution < -0.4 is 5.32 Å². The van der Waals surface area contributed by atoms with Gasteiger partial charge in [-0.15, -0.1) is 0 Å².